The second-order valence-electron chi connectivity index (χ2n) is 5.52. The van der Waals surface area contributed by atoms with Gasteiger partial charge in [-0.1, -0.05) is 6.42 Å². The number of hydrogen-bond acceptors (Lipinski definition) is 5. The topological polar surface area (TPSA) is 99.5 Å². The van der Waals surface area contributed by atoms with E-state index in [0.29, 0.717) is 24.2 Å². The van der Waals surface area contributed by atoms with E-state index in [-0.39, 0.29) is 12.5 Å². The van der Waals surface area contributed by atoms with Gasteiger partial charge in [0.1, 0.15) is 6.54 Å². The molecule has 0 saturated carbocycles. The fraction of sp³-hybridized carbons (Fsp3) is 0.412. The van der Waals surface area contributed by atoms with Crippen molar-refractivity contribution in [1.29, 1.82) is 5.26 Å². The van der Waals surface area contributed by atoms with Crippen molar-refractivity contribution in [2.45, 2.75) is 25.7 Å². The SMILES string of the molecule is N#Cc1ccc(NC(=O)COC(=O)CN2CCCCCC2=O)cc1. The summed E-state index contributed by atoms with van der Waals surface area (Å²) in [5, 5.41) is 11.3. The number of carbonyl (C=O) groups is 3. The molecule has 0 spiro atoms. The Morgan fingerprint density at radius 3 is 2.67 bits per heavy atom. The van der Waals surface area contributed by atoms with Crippen LogP contribution in [0.3, 0.4) is 0 Å². The quantitative estimate of drug-likeness (QED) is 0.824. The molecular weight excluding hydrogens is 310 g/mol. The number of esters is 1. The molecule has 2 rings (SSSR count). The van der Waals surface area contributed by atoms with Crippen LogP contribution in [-0.2, 0) is 19.1 Å². The Labute approximate surface area is 140 Å². The molecule has 24 heavy (non-hydrogen) atoms. The Kier molecular flexibility index (Phi) is 6.32. The zero-order valence-electron chi connectivity index (χ0n) is 13.3. The standard InChI is InChI=1S/C17H19N3O4/c18-10-13-5-7-14(8-6-13)19-15(21)12-24-17(23)11-20-9-3-1-2-4-16(20)22/h5-8H,1-4,9,11-12H2,(H,19,21). The predicted molar refractivity (Wildman–Crippen MR) is 85.8 cm³/mol. The van der Waals surface area contributed by atoms with Gasteiger partial charge in [-0.05, 0) is 37.1 Å². The van der Waals surface area contributed by atoms with Crippen LogP contribution in [0.5, 0.6) is 0 Å². The molecule has 0 radical (unpaired) electrons. The third-order valence-electron chi connectivity index (χ3n) is 3.65. The van der Waals surface area contributed by atoms with Crippen LogP contribution >= 0.6 is 0 Å². The molecular formula is C17H19N3O4. The van der Waals surface area contributed by atoms with Crippen molar-refractivity contribution in [3.05, 3.63) is 29.8 Å². The molecule has 1 fully saturated rings. The number of benzene rings is 1. The fourth-order valence-electron chi connectivity index (χ4n) is 2.38. The summed E-state index contributed by atoms with van der Waals surface area (Å²) in [6.45, 7) is 0.00914. The summed E-state index contributed by atoms with van der Waals surface area (Å²) in [5.41, 5.74) is 0.999. The van der Waals surface area contributed by atoms with Crippen molar-refractivity contribution in [3.63, 3.8) is 0 Å². The van der Waals surface area contributed by atoms with Crippen LogP contribution < -0.4 is 5.32 Å². The van der Waals surface area contributed by atoms with Gasteiger partial charge in [0.15, 0.2) is 6.61 Å². The van der Waals surface area contributed by atoms with E-state index >= 15 is 0 Å². The highest BCUT2D eigenvalue weighted by Gasteiger charge is 2.20. The molecule has 7 heteroatoms. The van der Waals surface area contributed by atoms with Crippen LogP contribution in [0.4, 0.5) is 5.69 Å². The lowest BCUT2D eigenvalue weighted by molar-refractivity contribution is -0.151. The number of ether oxygens (including phenoxy) is 1. The van der Waals surface area contributed by atoms with Crippen LogP contribution in [-0.4, -0.2) is 42.4 Å². The maximum atomic E-state index is 11.8. The summed E-state index contributed by atoms with van der Waals surface area (Å²) in [4.78, 5) is 36.8. The Bertz CT molecular complexity index is 649. The number of nitriles is 1. The van der Waals surface area contributed by atoms with Gasteiger partial charge in [-0.3, -0.25) is 14.4 Å². The summed E-state index contributed by atoms with van der Waals surface area (Å²) in [7, 11) is 0. The van der Waals surface area contributed by atoms with Crippen molar-refractivity contribution in [3.8, 4) is 6.07 Å². The molecule has 0 aliphatic carbocycles. The fourth-order valence-corrected chi connectivity index (χ4v) is 2.38. The smallest absolute Gasteiger partial charge is 0.326 e. The Morgan fingerprint density at radius 1 is 1.21 bits per heavy atom. The molecule has 1 N–H and O–H groups in total. The zero-order chi connectivity index (χ0) is 17.4. The first-order valence-corrected chi connectivity index (χ1v) is 7.82. The lowest BCUT2D eigenvalue weighted by atomic mass is 10.2. The van der Waals surface area contributed by atoms with Gasteiger partial charge in [0.25, 0.3) is 5.91 Å². The second kappa shape index (κ2) is 8.67. The van der Waals surface area contributed by atoms with Crippen molar-refractivity contribution in [1.82, 2.24) is 4.90 Å². The van der Waals surface area contributed by atoms with E-state index in [4.69, 9.17) is 10.00 Å². The van der Waals surface area contributed by atoms with E-state index in [1.54, 1.807) is 24.3 Å². The number of carbonyl (C=O) groups excluding carboxylic acids is 3. The minimum atomic E-state index is -0.597. The molecule has 1 aromatic rings. The zero-order valence-corrected chi connectivity index (χ0v) is 13.3. The van der Waals surface area contributed by atoms with Crippen LogP contribution in [0.1, 0.15) is 31.2 Å². The molecule has 126 valence electrons. The number of anilines is 1. The molecule has 1 saturated heterocycles. The van der Waals surface area contributed by atoms with Crippen LogP contribution in [0, 0.1) is 11.3 Å². The summed E-state index contributed by atoms with van der Waals surface area (Å²) < 4.78 is 4.92. The van der Waals surface area contributed by atoms with E-state index in [1.165, 1.54) is 4.90 Å². The van der Waals surface area contributed by atoms with Gasteiger partial charge in [-0.2, -0.15) is 5.26 Å². The van der Waals surface area contributed by atoms with Crippen LogP contribution in [0.15, 0.2) is 24.3 Å². The molecule has 0 aromatic heterocycles. The molecule has 2 amide bonds. The van der Waals surface area contributed by atoms with Crippen molar-refractivity contribution >= 4 is 23.5 Å². The van der Waals surface area contributed by atoms with Gasteiger partial charge in [0.05, 0.1) is 11.6 Å². The molecule has 1 heterocycles. The van der Waals surface area contributed by atoms with Gasteiger partial charge < -0.3 is 15.0 Å². The average Bonchev–Trinajstić information content (AvgIpc) is 2.78. The lowest BCUT2D eigenvalue weighted by Crippen LogP contribution is -2.36. The number of amides is 2. The first-order chi connectivity index (χ1) is 11.6. The highest BCUT2D eigenvalue weighted by atomic mass is 16.5. The molecule has 1 aliphatic rings. The maximum Gasteiger partial charge on any atom is 0.326 e. The minimum absolute atomic E-state index is 0.0496. The summed E-state index contributed by atoms with van der Waals surface area (Å²) in [6.07, 6.45) is 3.15. The molecule has 0 unspecified atom stereocenters. The third kappa shape index (κ3) is 5.39. The van der Waals surface area contributed by atoms with Gasteiger partial charge in [-0.25, -0.2) is 0 Å². The number of rotatable bonds is 5. The van der Waals surface area contributed by atoms with Gasteiger partial charge in [-0.15, -0.1) is 0 Å². The van der Waals surface area contributed by atoms with Gasteiger partial charge in [0.2, 0.25) is 5.91 Å². The Morgan fingerprint density at radius 2 is 1.96 bits per heavy atom. The molecule has 0 atom stereocenters. The number of likely N-dealkylation sites (tertiary alicyclic amines) is 1. The van der Waals surface area contributed by atoms with E-state index in [0.717, 1.165) is 19.3 Å². The molecule has 0 bridgehead atoms. The second-order valence-corrected chi connectivity index (χ2v) is 5.52. The van der Waals surface area contributed by atoms with Crippen molar-refractivity contribution in [2.24, 2.45) is 0 Å². The van der Waals surface area contributed by atoms with Crippen molar-refractivity contribution < 1.29 is 19.1 Å². The predicted octanol–water partition coefficient (Wildman–Crippen LogP) is 1.44. The molecule has 1 aromatic carbocycles. The first kappa shape index (κ1) is 17.5. The van der Waals surface area contributed by atoms with E-state index in [1.807, 2.05) is 6.07 Å². The molecule has 7 nitrogen and oxygen atoms in total. The molecule has 1 aliphatic heterocycles. The summed E-state index contributed by atoms with van der Waals surface area (Å²) in [5.74, 6) is -1.12. The van der Waals surface area contributed by atoms with E-state index < -0.39 is 18.5 Å². The monoisotopic (exact) mass is 329 g/mol. The van der Waals surface area contributed by atoms with E-state index in [2.05, 4.69) is 5.32 Å². The number of nitrogens with zero attached hydrogens (tertiary/aromatic N) is 2. The summed E-state index contributed by atoms with van der Waals surface area (Å²) >= 11 is 0. The average molecular weight is 329 g/mol. The number of nitrogens with one attached hydrogen (secondary N) is 1. The van der Waals surface area contributed by atoms with Gasteiger partial charge in [0, 0.05) is 18.7 Å². The lowest BCUT2D eigenvalue weighted by Gasteiger charge is -2.19. The Balaban J connectivity index is 1.75. The highest BCUT2D eigenvalue weighted by Crippen LogP contribution is 2.11. The first-order valence-electron chi connectivity index (χ1n) is 7.82. The Hall–Kier alpha value is -2.88. The van der Waals surface area contributed by atoms with Gasteiger partial charge >= 0.3 is 5.97 Å². The highest BCUT2D eigenvalue weighted by molar-refractivity contribution is 5.93. The summed E-state index contributed by atoms with van der Waals surface area (Å²) in [6, 6.07) is 8.31. The van der Waals surface area contributed by atoms with Crippen LogP contribution in [0.2, 0.25) is 0 Å². The minimum Gasteiger partial charge on any atom is -0.454 e. The van der Waals surface area contributed by atoms with E-state index in [9.17, 15) is 14.4 Å². The third-order valence-corrected chi connectivity index (χ3v) is 3.65. The number of hydrogen-bond donors (Lipinski definition) is 1. The maximum absolute atomic E-state index is 11.8. The van der Waals surface area contributed by atoms with Crippen molar-refractivity contribution in [2.75, 3.05) is 25.0 Å². The van der Waals surface area contributed by atoms with Crippen LogP contribution in [0.25, 0.3) is 0 Å². The largest absolute Gasteiger partial charge is 0.454 e. The normalized spacial score (nSPS) is 14.5.